The fourth-order valence-corrected chi connectivity index (χ4v) is 3.72. The molecule has 0 unspecified atom stereocenters. The van der Waals surface area contributed by atoms with Crippen LogP contribution < -0.4 is 5.73 Å². The van der Waals surface area contributed by atoms with Crippen LogP contribution in [0.15, 0.2) is 52.5 Å². The van der Waals surface area contributed by atoms with E-state index >= 15 is 0 Å². The van der Waals surface area contributed by atoms with E-state index in [1.165, 1.54) is 16.9 Å². The molecule has 2 N–H and O–H groups in total. The van der Waals surface area contributed by atoms with Gasteiger partial charge >= 0.3 is 0 Å². The van der Waals surface area contributed by atoms with E-state index in [1.54, 1.807) is 18.0 Å². The summed E-state index contributed by atoms with van der Waals surface area (Å²) in [6, 6.07) is 12.0. The third-order valence-electron chi connectivity index (χ3n) is 2.89. The van der Waals surface area contributed by atoms with Crippen molar-refractivity contribution in [3.8, 4) is 0 Å². The first-order valence-electron chi connectivity index (χ1n) is 6.06. The van der Waals surface area contributed by atoms with Crippen LogP contribution in [0.5, 0.6) is 0 Å². The van der Waals surface area contributed by atoms with Crippen LogP contribution in [-0.4, -0.2) is 10.9 Å². The quantitative estimate of drug-likeness (QED) is 0.799. The number of benzene rings is 1. The molecule has 1 amide bonds. The van der Waals surface area contributed by atoms with Crippen molar-refractivity contribution in [3.05, 3.63) is 53.0 Å². The first kappa shape index (κ1) is 13.1. The van der Waals surface area contributed by atoms with Crippen molar-refractivity contribution < 1.29 is 4.79 Å². The minimum atomic E-state index is -0.391. The molecule has 20 heavy (non-hydrogen) atoms. The number of nitrogens with two attached hydrogens (primary N) is 1. The molecule has 0 saturated heterocycles. The molecular weight excluding hydrogens is 288 g/mol. The van der Waals surface area contributed by atoms with Crippen molar-refractivity contribution in [2.24, 2.45) is 5.73 Å². The Balaban J connectivity index is 2.02. The number of hydrogen-bond donors (Lipinski definition) is 1. The molecular formula is C15H12N2OS2. The number of nitrogens with zero attached hydrogens (tertiary/aromatic N) is 1. The Hall–Kier alpha value is -1.85. The van der Waals surface area contributed by atoms with Gasteiger partial charge in [0.2, 0.25) is 0 Å². The van der Waals surface area contributed by atoms with Crippen LogP contribution in [0.3, 0.4) is 0 Å². The Morgan fingerprint density at radius 2 is 2.00 bits per heavy atom. The average molecular weight is 300 g/mol. The Kier molecular flexibility index (Phi) is 3.46. The van der Waals surface area contributed by atoms with Crippen molar-refractivity contribution in [3.63, 3.8) is 0 Å². The average Bonchev–Trinajstić information content (AvgIpc) is 2.87. The van der Waals surface area contributed by atoms with Gasteiger partial charge in [0, 0.05) is 21.2 Å². The second-order valence-corrected chi connectivity index (χ2v) is 6.56. The summed E-state index contributed by atoms with van der Waals surface area (Å²) in [6.07, 6.45) is 1.76. The lowest BCUT2D eigenvalue weighted by atomic mass is 10.2. The van der Waals surface area contributed by atoms with Gasteiger partial charge in [-0.2, -0.15) is 0 Å². The Labute approximate surface area is 124 Å². The van der Waals surface area contributed by atoms with E-state index in [-0.39, 0.29) is 0 Å². The summed E-state index contributed by atoms with van der Waals surface area (Å²) < 4.78 is 1.03. The van der Waals surface area contributed by atoms with E-state index in [0.29, 0.717) is 4.88 Å². The van der Waals surface area contributed by atoms with E-state index in [1.807, 2.05) is 12.1 Å². The van der Waals surface area contributed by atoms with Crippen LogP contribution in [0, 0.1) is 6.92 Å². The number of carbonyl (C=O) groups excluding carboxylic acids is 1. The second kappa shape index (κ2) is 5.26. The highest BCUT2D eigenvalue weighted by Gasteiger charge is 2.11. The molecule has 5 heteroatoms. The van der Waals surface area contributed by atoms with Gasteiger partial charge in [0.25, 0.3) is 5.91 Å². The fourth-order valence-electron chi connectivity index (χ4n) is 1.86. The third-order valence-corrected chi connectivity index (χ3v) is 5.03. The molecule has 0 fully saturated rings. The summed E-state index contributed by atoms with van der Waals surface area (Å²) in [7, 11) is 0. The highest BCUT2D eigenvalue weighted by molar-refractivity contribution is 7.99. The molecule has 0 aliphatic heterocycles. The molecule has 0 bridgehead atoms. The van der Waals surface area contributed by atoms with Gasteiger partial charge in [-0.05, 0) is 31.2 Å². The largest absolute Gasteiger partial charge is 0.365 e. The van der Waals surface area contributed by atoms with Crippen molar-refractivity contribution in [2.45, 2.75) is 16.8 Å². The van der Waals surface area contributed by atoms with E-state index in [2.05, 4.69) is 36.2 Å². The maximum atomic E-state index is 11.3. The fraction of sp³-hybridized carbons (Fsp3) is 0.0667. The molecule has 0 atom stereocenters. The summed E-state index contributed by atoms with van der Waals surface area (Å²) >= 11 is 3.00. The standard InChI is InChI=1S/C15H12N2OS2/c1-9-2-4-10(5-3-9)19-15-11-8-13(14(16)18)20-12(11)6-7-17-15/h2-8H,1H3,(H2,16,18). The lowest BCUT2D eigenvalue weighted by Gasteiger charge is -2.02. The van der Waals surface area contributed by atoms with E-state index in [9.17, 15) is 4.79 Å². The molecule has 0 spiro atoms. The van der Waals surface area contributed by atoms with E-state index < -0.39 is 5.91 Å². The van der Waals surface area contributed by atoms with Gasteiger partial charge in [0.05, 0.1) is 4.88 Å². The summed E-state index contributed by atoms with van der Waals surface area (Å²) in [4.78, 5) is 17.4. The molecule has 3 rings (SSSR count). The monoisotopic (exact) mass is 300 g/mol. The number of aryl methyl sites for hydroxylation is 1. The minimum absolute atomic E-state index is 0.391. The minimum Gasteiger partial charge on any atom is -0.365 e. The van der Waals surface area contributed by atoms with Gasteiger partial charge < -0.3 is 5.73 Å². The van der Waals surface area contributed by atoms with Crippen molar-refractivity contribution in [1.29, 1.82) is 0 Å². The molecule has 0 aliphatic rings. The maximum Gasteiger partial charge on any atom is 0.258 e. The second-order valence-electron chi connectivity index (χ2n) is 4.42. The Morgan fingerprint density at radius 3 is 2.70 bits per heavy atom. The van der Waals surface area contributed by atoms with E-state index in [4.69, 9.17) is 5.73 Å². The first-order chi connectivity index (χ1) is 9.63. The smallest absolute Gasteiger partial charge is 0.258 e. The zero-order chi connectivity index (χ0) is 14.1. The van der Waals surface area contributed by atoms with Gasteiger partial charge in [0.1, 0.15) is 5.03 Å². The number of thiophene rings is 1. The molecule has 3 nitrogen and oxygen atoms in total. The number of fused-ring (bicyclic) bond motifs is 1. The zero-order valence-corrected chi connectivity index (χ0v) is 12.4. The van der Waals surface area contributed by atoms with Crippen molar-refractivity contribution in [1.82, 2.24) is 4.98 Å². The number of primary amides is 1. The lowest BCUT2D eigenvalue weighted by Crippen LogP contribution is -2.08. The van der Waals surface area contributed by atoms with Crippen molar-refractivity contribution >= 4 is 39.1 Å². The van der Waals surface area contributed by atoms with Crippen LogP contribution in [0.1, 0.15) is 15.2 Å². The van der Waals surface area contributed by atoms with Gasteiger partial charge in [-0.25, -0.2) is 4.98 Å². The molecule has 3 aromatic rings. The summed E-state index contributed by atoms with van der Waals surface area (Å²) in [5.74, 6) is -0.391. The molecule has 2 aromatic heterocycles. The number of rotatable bonds is 3. The molecule has 0 saturated carbocycles. The summed E-state index contributed by atoms with van der Waals surface area (Å²) in [6.45, 7) is 2.06. The number of amides is 1. The summed E-state index contributed by atoms with van der Waals surface area (Å²) in [5.41, 5.74) is 6.57. The highest BCUT2D eigenvalue weighted by atomic mass is 32.2. The Morgan fingerprint density at radius 1 is 1.25 bits per heavy atom. The van der Waals surface area contributed by atoms with Gasteiger partial charge in [0.15, 0.2) is 0 Å². The highest BCUT2D eigenvalue weighted by Crippen LogP contribution is 2.35. The molecule has 1 aromatic carbocycles. The third kappa shape index (κ3) is 2.55. The van der Waals surface area contributed by atoms with Crippen LogP contribution in [0.4, 0.5) is 0 Å². The zero-order valence-electron chi connectivity index (χ0n) is 10.8. The Bertz CT molecular complexity index is 778. The van der Waals surface area contributed by atoms with Gasteiger partial charge in [-0.3, -0.25) is 4.79 Å². The van der Waals surface area contributed by atoms with Crippen LogP contribution in [0.2, 0.25) is 0 Å². The molecule has 2 heterocycles. The number of pyridine rings is 1. The van der Waals surface area contributed by atoms with Gasteiger partial charge in [-0.1, -0.05) is 29.5 Å². The first-order valence-corrected chi connectivity index (χ1v) is 7.69. The molecule has 100 valence electrons. The SMILES string of the molecule is Cc1ccc(Sc2nccc3sc(C(N)=O)cc23)cc1. The molecule has 0 aliphatic carbocycles. The van der Waals surface area contributed by atoms with Crippen molar-refractivity contribution in [2.75, 3.05) is 0 Å². The number of carbonyl (C=O) groups is 1. The van der Waals surface area contributed by atoms with Crippen LogP contribution >= 0.6 is 23.1 Å². The van der Waals surface area contributed by atoms with E-state index in [0.717, 1.165) is 20.0 Å². The predicted octanol–water partition coefficient (Wildman–Crippen LogP) is 3.85. The maximum absolute atomic E-state index is 11.3. The normalized spacial score (nSPS) is 10.8. The molecule has 0 radical (unpaired) electrons. The number of hydrogen-bond acceptors (Lipinski definition) is 4. The number of aromatic nitrogens is 1. The predicted molar refractivity (Wildman–Crippen MR) is 83.4 cm³/mol. The summed E-state index contributed by atoms with van der Waals surface area (Å²) in [5, 5.41) is 1.88. The topological polar surface area (TPSA) is 56.0 Å². The van der Waals surface area contributed by atoms with Gasteiger partial charge in [-0.15, -0.1) is 11.3 Å². The lowest BCUT2D eigenvalue weighted by molar-refractivity contribution is 0.100. The van der Waals surface area contributed by atoms with Crippen LogP contribution in [-0.2, 0) is 0 Å². The van der Waals surface area contributed by atoms with Crippen LogP contribution in [0.25, 0.3) is 10.1 Å².